The minimum Gasteiger partial charge on any atom is -0.390 e. The summed E-state index contributed by atoms with van der Waals surface area (Å²) in [5.41, 5.74) is 10.9. The van der Waals surface area contributed by atoms with Crippen LogP contribution in [0.1, 0.15) is 15.9 Å². The molecule has 3 N–H and O–H groups in total. The van der Waals surface area contributed by atoms with E-state index in [1.54, 1.807) is 6.20 Å². The highest BCUT2D eigenvalue weighted by Gasteiger charge is 2.15. The maximum Gasteiger partial charge on any atom is 0.168 e. The predicted molar refractivity (Wildman–Crippen MR) is 129 cm³/mol. The summed E-state index contributed by atoms with van der Waals surface area (Å²) in [4.78, 5) is 21.0. The Morgan fingerprint density at radius 3 is 2.68 bits per heavy atom. The zero-order chi connectivity index (χ0) is 21.2. The summed E-state index contributed by atoms with van der Waals surface area (Å²) in [6.45, 7) is 3.98. The summed E-state index contributed by atoms with van der Waals surface area (Å²) < 4.78 is 0. The van der Waals surface area contributed by atoms with Gasteiger partial charge in [-0.3, -0.25) is 9.78 Å². The SMILES string of the molecule is Nc1sc(-c2ccccc2)cc1CC(=O)c1cnc2cc(N3CCNCC3)ccc2c1. The van der Waals surface area contributed by atoms with Gasteiger partial charge in [-0.1, -0.05) is 36.4 Å². The number of benzene rings is 2. The molecule has 4 aromatic rings. The van der Waals surface area contributed by atoms with Gasteiger partial charge in [0.05, 0.1) is 10.5 Å². The second-order valence-electron chi connectivity index (χ2n) is 7.80. The molecule has 0 amide bonds. The molecule has 3 heterocycles. The lowest BCUT2D eigenvalue weighted by Gasteiger charge is -2.29. The van der Waals surface area contributed by atoms with Gasteiger partial charge in [0, 0.05) is 60.3 Å². The van der Waals surface area contributed by atoms with E-state index in [9.17, 15) is 4.79 Å². The maximum atomic E-state index is 13.0. The van der Waals surface area contributed by atoms with E-state index in [-0.39, 0.29) is 12.2 Å². The third-order valence-electron chi connectivity index (χ3n) is 5.72. The molecule has 1 aliphatic heterocycles. The van der Waals surface area contributed by atoms with Crippen molar-refractivity contribution < 1.29 is 4.79 Å². The van der Waals surface area contributed by atoms with E-state index in [4.69, 9.17) is 5.73 Å². The Labute approximate surface area is 185 Å². The van der Waals surface area contributed by atoms with Gasteiger partial charge in [-0.25, -0.2) is 0 Å². The Bertz CT molecular complexity index is 1230. The number of fused-ring (bicyclic) bond motifs is 1. The van der Waals surface area contributed by atoms with Crippen LogP contribution in [-0.2, 0) is 6.42 Å². The van der Waals surface area contributed by atoms with Crippen LogP contribution in [0.4, 0.5) is 10.7 Å². The van der Waals surface area contributed by atoms with E-state index in [0.29, 0.717) is 10.6 Å². The molecule has 5 nitrogen and oxygen atoms in total. The highest BCUT2D eigenvalue weighted by atomic mass is 32.1. The fourth-order valence-electron chi connectivity index (χ4n) is 3.98. The number of carbonyl (C=O) groups excluding carboxylic acids is 1. The number of hydrogen-bond donors (Lipinski definition) is 2. The third-order valence-corrected chi connectivity index (χ3v) is 6.78. The van der Waals surface area contributed by atoms with E-state index in [2.05, 4.69) is 45.5 Å². The predicted octanol–water partition coefficient (Wildman–Crippen LogP) is 4.38. The van der Waals surface area contributed by atoms with E-state index in [1.165, 1.54) is 17.0 Å². The van der Waals surface area contributed by atoms with Crippen molar-refractivity contribution in [2.75, 3.05) is 36.8 Å². The molecule has 5 rings (SSSR count). The van der Waals surface area contributed by atoms with Crippen LogP contribution in [-0.4, -0.2) is 36.9 Å². The Hall–Kier alpha value is -3.22. The molecule has 31 heavy (non-hydrogen) atoms. The summed E-state index contributed by atoms with van der Waals surface area (Å²) >= 11 is 1.52. The van der Waals surface area contributed by atoms with Gasteiger partial charge in [0.15, 0.2) is 5.78 Å². The smallest absolute Gasteiger partial charge is 0.168 e. The van der Waals surface area contributed by atoms with Gasteiger partial charge in [0.25, 0.3) is 0 Å². The highest BCUT2D eigenvalue weighted by molar-refractivity contribution is 7.19. The summed E-state index contributed by atoms with van der Waals surface area (Å²) in [7, 11) is 0. The zero-order valence-corrected chi connectivity index (χ0v) is 18.0. The average Bonchev–Trinajstić information content (AvgIpc) is 3.19. The number of nitrogen functional groups attached to an aromatic ring is 1. The number of rotatable bonds is 5. The van der Waals surface area contributed by atoms with E-state index < -0.39 is 0 Å². The molecule has 1 saturated heterocycles. The number of thiophene rings is 1. The van der Waals surface area contributed by atoms with Crippen LogP contribution in [0, 0.1) is 0 Å². The Morgan fingerprint density at radius 1 is 1.06 bits per heavy atom. The van der Waals surface area contributed by atoms with Crippen molar-refractivity contribution >= 4 is 38.7 Å². The van der Waals surface area contributed by atoms with Crippen molar-refractivity contribution in [2.24, 2.45) is 0 Å². The van der Waals surface area contributed by atoms with Crippen LogP contribution in [0.15, 0.2) is 66.9 Å². The molecule has 0 bridgehead atoms. The zero-order valence-electron chi connectivity index (χ0n) is 17.2. The lowest BCUT2D eigenvalue weighted by Crippen LogP contribution is -2.43. The Balaban J connectivity index is 1.36. The molecule has 6 heteroatoms. The molecule has 0 saturated carbocycles. The molecule has 0 aliphatic carbocycles. The molecule has 1 fully saturated rings. The van der Waals surface area contributed by atoms with Gasteiger partial charge in [0.2, 0.25) is 0 Å². The molecule has 0 unspecified atom stereocenters. The van der Waals surface area contributed by atoms with Gasteiger partial charge >= 0.3 is 0 Å². The standard InChI is InChI=1S/C25H24N4OS/c26-25-19(14-24(31-25)17-4-2-1-3-5-17)13-23(30)20-12-18-6-7-21(15-22(18)28-16-20)29-10-8-27-9-11-29/h1-7,12,14-16,27H,8-11,13,26H2. The number of ketones is 1. The van der Waals surface area contributed by atoms with E-state index in [1.807, 2.05) is 30.3 Å². The number of pyridine rings is 1. The monoisotopic (exact) mass is 428 g/mol. The van der Waals surface area contributed by atoms with Crippen molar-refractivity contribution in [3.05, 3.63) is 78.0 Å². The molecule has 2 aromatic carbocycles. The van der Waals surface area contributed by atoms with Crippen LogP contribution >= 0.6 is 11.3 Å². The van der Waals surface area contributed by atoms with Crippen LogP contribution < -0.4 is 16.0 Å². The van der Waals surface area contributed by atoms with Gasteiger partial charge in [-0.2, -0.15) is 0 Å². The number of aromatic nitrogens is 1. The average molecular weight is 429 g/mol. The van der Waals surface area contributed by atoms with Gasteiger partial charge in [0.1, 0.15) is 0 Å². The number of nitrogens with two attached hydrogens (primary N) is 1. The second-order valence-corrected chi connectivity index (χ2v) is 8.89. The lowest BCUT2D eigenvalue weighted by atomic mass is 10.0. The molecule has 0 radical (unpaired) electrons. The van der Waals surface area contributed by atoms with Crippen LogP contribution in [0.2, 0.25) is 0 Å². The lowest BCUT2D eigenvalue weighted by molar-refractivity contribution is 0.0993. The van der Waals surface area contributed by atoms with Crippen LogP contribution in [0.25, 0.3) is 21.3 Å². The Morgan fingerprint density at radius 2 is 1.87 bits per heavy atom. The number of Topliss-reactive ketones (excluding diaryl/α,β-unsaturated/α-hetero) is 1. The fourth-order valence-corrected chi connectivity index (χ4v) is 4.94. The maximum absolute atomic E-state index is 13.0. The highest BCUT2D eigenvalue weighted by Crippen LogP contribution is 2.34. The Kier molecular flexibility index (Phi) is 5.40. The number of nitrogens with zero attached hydrogens (tertiary/aromatic N) is 2. The summed E-state index contributed by atoms with van der Waals surface area (Å²) in [5, 5.41) is 5.05. The van der Waals surface area contributed by atoms with Crippen LogP contribution in [0.3, 0.4) is 0 Å². The first kappa shape index (κ1) is 19.7. The van der Waals surface area contributed by atoms with Gasteiger partial charge < -0.3 is 16.0 Å². The topological polar surface area (TPSA) is 71.2 Å². The van der Waals surface area contributed by atoms with Gasteiger partial charge in [-0.05, 0) is 35.4 Å². The number of nitrogens with one attached hydrogen (secondary N) is 1. The molecule has 2 aromatic heterocycles. The number of carbonyl (C=O) groups is 1. The first-order valence-electron chi connectivity index (χ1n) is 10.5. The fraction of sp³-hybridized carbons (Fsp3) is 0.200. The van der Waals surface area contributed by atoms with Crippen molar-refractivity contribution in [1.29, 1.82) is 0 Å². The largest absolute Gasteiger partial charge is 0.390 e. The minimum atomic E-state index is 0.0321. The second kappa shape index (κ2) is 8.49. The normalized spacial score (nSPS) is 14.1. The van der Waals surface area contributed by atoms with E-state index in [0.717, 1.165) is 53.1 Å². The molecule has 0 atom stereocenters. The van der Waals surface area contributed by atoms with E-state index >= 15 is 0 Å². The van der Waals surface area contributed by atoms with Crippen LogP contribution in [0.5, 0.6) is 0 Å². The summed E-state index contributed by atoms with van der Waals surface area (Å²) in [6, 6.07) is 20.4. The number of piperazine rings is 1. The first-order chi connectivity index (χ1) is 15.2. The molecule has 0 spiro atoms. The molecular weight excluding hydrogens is 404 g/mol. The summed E-state index contributed by atoms with van der Waals surface area (Å²) in [6.07, 6.45) is 1.97. The quantitative estimate of drug-likeness (QED) is 0.462. The minimum absolute atomic E-state index is 0.0321. The van der Waals surface area contributed by atoms with Crippen molar-refractivity contribution in [2.45, 2.75) is 6.42 Å². The molecule has 156 valence electrons. The van der Waals surface area contributed by atoms with Crippen molar-refractivity contribution in [3.8, 4) is 10.4 Å². The molecule has 1 aliphatic rings. The summed E-state index contributed by atoms with van der Waals surface area (Å²) in [5.74, 6) is 0.0321. The third kappa shape index (κ3) is 4.17. The number of anilines is 2. The van der Waals surface area contributed by atoms with Crippen molar-refractivity contribution in [1.82, 2.24) is 10.3 Å². The van der Waals surface area contributed by atoms with Gasteiger partial charge in [-0.15, -0.1) is 11.3 Å². The molecular formula is C25H24N4OS. The number of hydrogen-bond acceptors (Lipinski definition) is 6. The first-order valence-corrected chi connectivity index (χ1v) is 11.3. The van der Waals surface area contributed by atoms with Crippen molar-refractivity contribution in [3.63, 3.8) is 0 Å².